The van der Waals surface area contributed by atoms with Crippen LogP contribution in [0.2, 0.25) is 0 Å². The summed E-state index contributed by atoms with van der Waals surface area (Å²) in [5.74, 6) is -1.26. The quantitative estimate of drug-likeness (QED) is 0.326. The van der Waals surface area contributed by atoms with Gasteiger partial charge in [0.1, 0.15) is 11.4 Å². The van der Waals surface area contributed by atoms with E-state index in [-0.39, 0.29) is 16.5 Å². The van der Waals surface area contributed by atoms with Crippen molar-refractivity contribution in [1.29, 1.82) is 0 Å². The van der Waals surface area contributed by atoms with E-state index >= 15 is 0 Å². The van der Waals surface area contributed by atoms with Gasteiger partial charge in [-0.05, 0) is 41.8 Å². The average molecular weight is 400 g/mol. The highest BCUT2D eigenvalue weighted by atomic mass is 19.4. The van der Waals surface area contributed by atoms with Crippen LogP contribution in [-0.2, 0) is 6.18 Å². The van der Waals surface area contributed by atoms with Crippen molar-refractivity contribution in [3.05, 3.63) is 83.8 Å². The molecule has 0 N–H and O–H groups in total. The fraction of sp³-hybridized carbons (Fsp3) is 0.174. The molecule has 1 heterocycles. The van der Waals surface area contributed by atoms with E-state index < -0.39 is 17.6 Å². The lowest BCUT2D eigenvalue weighted by Gasteiger charge is -2.12. The topological polar surface area (TPSA) is 17.8 Å². The monoisotopic (exact) mass is 400 g/mol. The maximum atomic E-state index is 14.1. The molecule has 150 valence electrons. The zero-order chi connectivity index (χ0) is 21.2. The van der Waals surface area contributed by atoms with E-state index in [0.29, 0.717) is 5.69 Å². The summed E-state index contributed by atoms with van der Waals surface area (Å²) in [6, 6.07) is 18.4. The molecule has 0 saturated carbocycles. The van der Waals surface area contributed by atoms with Gasteiger partial charge in [0.2, 0.25) is 0 Å². The van der Waals surface area contributed by atoms with Gasteiger partial charge in [-0.2, -0.15) is 18.3 Å². The Bertz CT molecular complexity index is 1110. The fourth-order valence-electron chi connectivity index (χ4n) is 3.18. The van der Waals surface area contributed by atoms with Gasteiger partial charge in [0.05, 0.1) is 17.4 Å². The first-order valence-electron chi connectivity index (χ1n) is 9.26. The summed E-state index contributed by atoms with van der Waals surface area (Å²) >= 11 is 0. The third kappa shape index (κ3) is 3.88. The van der Waals surface area contributed by atoms with Gasteiger partial charge in [0.15, 0.2) is 0 Å². The molecule has 0 amide bonds. The number of aromatic nitrogens is 2. The minimum atomic E-state index is -4.79. The van der Waals surface area contributed by atoms with E-state index in [1.807, 2.05) is 56.3 Å². The van der Waals surface area contributed by atoms with Gasteiger partial charge in [-0.1, -0.05) is 56.3 Å². The highest BCUT2D eigenvalue weighted by molar-refractivity contribution is 5.85. The average Bonchev–Trinajstić information content (AvgIpc) is 3.13. The van der Waals surface area contributed by atoms with Crippen LogP contribution in [0.25, 0.3) is 27.7 Å². The molecule has 2 nitrogen and oxygen atoms in total. The van der Waals surface area contributed by atoms with E-state index in [9.17, 15) is 17.6 Å². The molecule has 3 aromatic carbocycles. The number of halogens is 4. The van der Waals surface area contributed by atoms with Crippen molar-refractivity contribution < 1.29 is 17.6 Å². The van der Waals surface area contributed by atoms with Gasteiger partial charge in [-0.3, -0.25) is 0 Å². The zero-order valence-electron chi connectivity index (χ0n) is 16.3. The molecule has 0 spiro atoms. The lowest BCUT2D eigenvalue weighted by Crippen LogP contribution is -2.10. The van der Waals surface area contributed by atoms with Gasteiger partial charge >= 0.3 is 6.18 Å². The van der Waals surface area contributed by atoms with Crippen LogP contribution in [0.15, 0.2) is 66.9 Å². The molecule has 4 aromatic rings. The second kappa shape index (κ2) is 8.07. The molecule has 0 aliphatic rings. The second-order valence-electron chi connectivity index (χ2n) is 6.28. The molecule has 1 aromatic heterocycles. The predicted octanol–water partition coefficient (Wildman–Crippen LogP) is 7.19. The molecular weight excluding hydrogens is 380 g/mol. The summed E-state index contributed by atoms with van der Waals surface area (Å²) in [7, 11) is 0. The maximum absolute atomic E-state index is 14.1. The van der Waals surface area contributed by atoms with Crippen LogP contribution in [0.4, 0.5) is 17.6 Å². The summed E-state index contributed by atoms with van der Waals surface area (Å²) in [6.07, 6.45) is -3.73. The minimum absolute atomic E-state index is 0.0718. The normalized spacial score (nSPS) is 11.3. The smallest absolute Gasteiger partial charge is 0.233 e. The highest BCUT2D eigenvalue weighted by Gasteiger charge is 2.37. The highest BCUT2D eigenvalue weighted by Crippen LogP contribution is 2.38. The number of aryl methyl sites for hydroxylation is 1. The van der Waals surface area contributed by atoms with Crippen LogP contribution in [0, 0.1) is 12.7 Å². The van der Waals surface area contributed by atoms with Crippen LogP contribution in [0.3, 0.4) is 0 Å². The number of benzene rings is 3. The third-order valence-corrected chi connectivity index (χ3v) is 4.50. The Balaban J connectivity index is 0.00000117. The standard InChI is InChI=1S/C21H14F4N2.C2H6/c1-13-11-18-17(19(20(13)22)21(23,24)25)12-26-27(18)16-9-7-15(8-10-16)14-5-3-2-4-6-14;1-2/h2-12H,1H3;1-2H3. The van der Waals surface area contributed by atoms with Crippen LogP contribution >= 0.6 is 0 Å². The summed E-state index contributed by atoms with van der Waals surface area (Å²) in [4.78, 5) is 0. The van der Waals surface area contributed by atoms with E-state index in [0.717, 1.165) is 17.3 Å². The fourth-order valence-corrected chi connectivity index (χ4v) is 3.18. The Morgan fingerprint density at radius 1 is 0.862 bits per heavy atom. The molecule has 0 aliphatic carbocycles. The Kier molecular flexibility index (Phi) is 5.73. The first-order valence-corrected chi connectivity index (χ1v) is 9.26. The SMILES string of the molecule is CC.Cc1cc2c(cnn2-c2ccc(-c3ccccc3)cc2)c(C(F)(F)F)c1F. The first-order chi connectivity index (χ1) is 13.9. The van der Waals surface area contributed by atoms with E-state index in [4.69, 9.17) is 0 Å². The van der Waals surface area contributed by atoms with Crippen LogP contribution in [0.1, 0.15) is 25.0 Å². The van der Waals surface area contributed by atoms with E-state index in [1.54, 1.807) is 12.1 Å². The van der Waals surface area contributed by atoms with Gasteiger partial charge in [-0.25, -0.2) is 9.07 Å². The number of nitrogens with zero attached hydrogens (tertiary/aromatic N) is 2. The van der Waals surface area contributed by atoms with Gasteiger partial charge in [0, 0.05) is 5.39 Å². The maximum Gasteiger partial charge on any atom is 0.419 e. The summed E-state index contributed by atoms with van der Waals surface area (Å²) in [5.41, 5.74) is 1.49. The van der Waals surface area contributed by atoms with Crippen molar-refractivity contribution in [2.75, 3.05) is 0 Å². The molecule has 0 aliphatic heterocycles. The van der Waals surface area contributed by atoms with Crippen LogP contribution in [0.5, 0.6) is 0 Å². The van der Waals surface area contributed by atoms with E-state index in [2.05, 4.69) is 5.10 Å². The van der Waals surface area contributed by atoms with Crippen LogP contribution < -0.4 is 0 Å². The summed E-state index contributed by atoms with van der Waals surface area (Å²) < 4.78 is 55.5. The second-order valence-corrected chi connectivity index (χ2v) is 6.28. The van der Waals surface area contributed by atoms with Crippen molar-refractivity contribution >= 4 is 10.9 Å². The lowest BCUT2D eigenvalue weighted by molar-refractivity contribution is -0.138. The molecule has 0 bridgehead atoms. The number of hydrogen-bond donors (Lipinski definition) is 0. The number of rotatable bonds is 2. The molecule has 29 heavy (non-hydrogen) atoms. The Morgan fingerprint density at radius 3 is 2.03 bits per heavy atom. The van der Waals surface area contributed by atoms with Crippen molar-refractivity contribution in [2.24, 2.45) is 0 Å². The van der Waals surface area contributed by atoms with Crippen molar-refractivity contribution in [2.45, 2.75) is 26.9 Å². The Hall–Kier alpha value is -3.15. The molecule has 0 saturated heterocycles. The van der Waals surface area contributed by atoms with Crippen molar-refractivity contribution in [3.8, 4) is 16.8 Å². The van der Waals surface area contributed by atoms with Gasteiger partial charge in [-0.15, -0.1) is 0 Å². The number of hydrogen-bond acceptors (Lipinski definition) is 1. The largest absolute Gasteiger partial charge is 0.419 e. The Morgan fingerprint density at radius 2 is 1.45 bits per heavy atom. The Labute approximate surface area is 166 Å². The summed E-state index contributed by atoms with van der Waals surface area (Å²) in [6.45, 7) is 5.32. The zero-order valence-corrected chi connectivity index (χ0v) is 16.3. The first kappa shape index (κ1) is 20.6. The molecule has 6 heteroatoms. The van der Waals surface area contributed by atoms with Crippen molar-refractivity contribution in [1.82, 2.24) is 9.78 Å². The number of fused-ring (bicyclic) bond motifs is 1. The van der Waals surface area contributed by atoms with E-state index in [1.165, 1.54) is 17.7 Å². The predicted molar refractivity (Wildman–Crippen MR) is 108 cm³/mol. The molecular formula is C23H20F4N2. The van der Waals surface area contributed by atoms with Gasteiger partial charge < -0.3 is 0 Å². The molecule has 4 rings (SSSR count). The molecule has 0 radical (unpaired) electrons. The summed E-state index contributed by atoms with van der Waals surface area (Å²) in [5, 5.41) is 3.82. The molecule has 0 unspecified atom stereocenters. The third-order valence-electron chi connectivity index (χ3n) is 4.50. The lowest BCUT2D eigenvalue weighted by atomic mass is 10.0. The molecule has 0 atom stereocenters. The van der Waals surface area contributed by atoms with Crippen LogP contribution in [-0.4, -0.2) is 9.78 Å². The van der Waals surface area contributed by atoms with Gasteiger partial charge in [0.25, 0.3) is 0 Å². The minimum Gasteiger partial charge on any atom is -0.233 e. The molecule has 0 fully saturated rings. The van der Waals surface area contributed by atoms with Crippen molar-refractivity contribution in [3.63, 3.8) is 0 Å². The number of alkyl halides is 3.